The van der Waals surface area contributed by atoms with E-state index in [4.69, 9.17) is 22.1 Å². The van der Waals surface area contributed by atoms with Crippen LogP contribution in [-0.2, 0) is 9.53 Å². The summed E-state index contributed by atoms with van der Waals surface area (Å²) in [7, 11) is 0. The molecule has 114 valence electrons. The number of primary amides is 1. The van der Waals surface area contributed by atoms with Gasteiger partial charge in [-0.05, 0) is 24.7 Å². The van der Waals surface area contributed by atoms with E-state index >= 15 is 0 Å². The zero-order valence-electron chi connectivity index (χ0n) is 11.7. The van der Waals surface area contributed by atoms with Gasteiger partial charge in [0.15, 0.2) is 0 Å². The Morgan fingerprint density at radius 1 is 1.43 bits per heavy atom. The number of benzene rings is 1. The van der Waals surface area contributed by atoms with Gasteiger partial charge < -0.3 is 21.1 Å². The highest BCUT2D eigenvalue weighted by Gasteiger charge is 2.33. The maximum Gasteiger partial charge on any atom is 0.248 e. The van der Waals surface area contributed by atoms with Gasteiger partial charge in [0.1, 0.15) is 0 Å². The first-order chi connectivity index (χ1) is 10.0. The second-order valence-corrected chi connectivity index (χ2v) is 5.26. The van der Waals surface area contributed by atoms with E-state index in [-0.39, 0.29) is 17.9 Å². The number of rotatable bonds is 5. The minimum atomic E-state index is -0.572. The Morgan fingerprint density at radius 2 is 2.19 bits per heavy atom. The van der Waals surface area contributed by atoms with Gasteiger partial charge in [-0.1, -0.05) is 18.5 Å². The molecule has 1 aliphatic heterocycles. The lowest BCUT2D eigenvalue weighted by Gasteiger charge is -2.18. The molecule has 0 radical (unpaired) electrons. The van der Waals surface area contributed by atoms with Gasteiger partial charge in [0.25, 0.3) is 0 Å². The van der Waals surface area contributed by atoms with Crippen LogP contribution in [0.3, 0.4) is 0 Å². The summed E-state index contributed by atoms with van der Waals surface area (Å²) < 4.78 is 5.34. The van der Waals surface area contributed by atoms with Gasteiger partial charge in [-0.25, -0.2) is 0 Å². The quantitative estimate of drug-likeness (QED) is 0.756. The van der Waals surface area contributed by atoms with Gasteiger partial charge in [0.05, 0.1) is 29.8 Å². The molecule has 1 saturated heterocycles. The zero-order chi connectivity index (χ0) is 15.4. The van der Waals surface area contributed by atoms with E-state index in [1.165, 1.54) is 18.2 Å². The van der Waals surface area contributed by atoms with Crippen LogP contribution in [0.2, 0.25) is 5.02 Å². The van der Waals surface area contributed by atoms with E-state index in [0.29, 0.717) is 29.5 Å². The summed E-state index contributed by atoms with van der Waals surface area (Å²) >= 11 is 6.04. The molecule has 1 aromatic rings. The molecule has 7 heteroatoms. The predicted octanol–water partition coefficient (Wildman–Crippen LogP) is 1.00. The van der Waals surface area contributed by atoms with Crippen molar-refractivity contribution in [2.24, 2.45) is 11.7 Å². The number of anilines is 1. The lowest BCUT2D eigenvalue weighted by atomic mass is 10.0. The van der Waals surface area contributed by atoms with E-state index in [1.807, 2.05) is 6.92 Å². The molecule has 2 atom stereocenters. The van der Waals surface area contributed by atoms with Crippen LogP contribution in [0.1, 0.15) is 17.3 Å². The van der Waals surface area contributed by atoms with Crippen LogP contribution < -0.4 is 16.4 Å². The average molecular weight is 312 g/mol. The summed E-state index contributed by atoms with van der Waals surface area (Å²) in [4.78, 5) is 23.5. The highest BCUT2D eigenvalue weighted by molar-refractivity contribution is 6.33. The van der Waals surface area contributed by atoms with Gasteiger partial charge in [0, 0.05) is 11.6 Å². The molecule has 0 aliphatic carbocycles. The normalized spacial score (nSPS) is 21.2. The fraction of sp³-hybridized carbons (Fsp3) is 0.429. The van der Waals surface area contributed by atoms with Crippen molar-refractivity contribution in [2.45, 2.75) is 13.0 Å². The zero-order valence-corrected chi connectivity index (χ0v) is 12.4. The number of hydrogen-bond donors (Lipinski definition) is 3. The fourth-order valence-electron chi connectivity index (χ4n) is 2.28. The number of carbonyl (C=O) groups excluding carboxylic acids is 2. The third kappa shape index (κ3) is 3.72. The Labute approximate surface area is 128 Å². The lowest BCUT2D eigenvalue weighted by molar-refractivity contribution is -0.120. The maximum atomic E-state index is 12.3. The van der Waals surface area contributed by atoms with Gasteiger partial charge in [-0.2, -0.15) is 0 Å². The summed E-state index contributed by atoms with van der Waals surface area (Å²) in [6, 6.07) is 4.50. The van der Waals surface area contributed by atoms with Gasteiger partial charge in [0.2, 0.25) is 11.8 Å². The number of hydrogen-bond acceptors (Lipinski definition) is 4. The molecule has 1 aliphatic rings. The van der Waals surface area contributed by atoms with Crippen LogP contribution in [-0.4, -0.2) is 37.6 Å². The van der Waals surface area contributed by atoms with Crippen LogP contribution in [0, 0.1) is 5.92 Å². The van der Waals surface area contributed by atoms with Crippen molar-refractivity contribution in [3.05, 3.63) is 28.8 Å². The van der Waals surface area contributed by atoms with Crippen LogP contribution in [0.15, 0.2) is 18.2 Å². The summed E-state index contributed by atoms with van der Waals surface area (Å²) in [6.45, 7) is 3.59. The maximum absolute atomic E-state index is 12.3. The van der Waals surface area contributed by atoms with E-state index in [9.17, 15) is 9.59 Å². The van der Waals surface area contributed by atoms with Crippen molar-refractivity contribution in [1.82, 2.24) is 5.32 Å². The first-order valence-corrected chi connectivity index (χ1v) is 7.12. The van der Waals surface area contributed by atoms with Crippen LogP contribution in [0.25, 0.3) is 0 Å². The molecule has 2 rings (SSSR count). The third-order valence-corrected chi connectivity index (χ3v) is 3.72. The topological polar surface area (TPSA) is 93.4 Å². The molecule has 2 amide bonds. The van der Waals surface area contributed by atoms with Crippen molar-refractivity contribution in [2.75, 3.05) is 25.1 Å². The standard InChI is InChI=1S/C14H18ClN3O3/c1-2-17-12-7-21-6-9(12)14(20)18-11-5-8(13(16)19)3-4-10(11)15/h3-5,9,12,17H,2,6-7H2,1H3,(H2,16,19)(H,18,20). The number of carbonyl (C=O) groups is 2. The minimum absolute atomic E-state index is 0.0203. The first-order valence-electron chi connectivity index (χ1n) is 6.74. The molecule has 0 saturated carbocycles. The van der Waals surface area contributed by atoms with Crippen LogP contribution in [0.5, 0.6) is 0 Å². The molecule has 4 N–H and O–H groups in total. The number of nitrogens with one attached hydrogen (secondary N) is 2. The minimum Gasteiger partial charge on any atom is -0.379 e. The van der Waals surface area contributed by atoms with Crippen molar-refractivity contribution in [1.29, 1.82) is 0 Å². The second kappa shape index (κ2) is 6.89. The molecule has 1 heterocycles. The van der Waals surface area contributed by atoms with Crippen molar-refractivity contribution < 1.29 is 14.3 Å². The number of halogens is 1. The fourth-order valence-corrected chi connectivity index (χ4v) is 2.44. The van der Waals surface area contributed by atoms with Crippen molar-refractivity contribution >= 4 is 29.1 Å². The first kappa shape index (κ1) is 15.8. The van der Waals surface area contributed by atoms with Crippen molar-refractivity contribution in [3.8, 4) is 0 Å². The highest BCUT2D eigenvalue weighted by Crippen LogP contribution is 2.25. The van der Waals surface area contributed by atoms with E-state index in [2.05, 4.69) is 10.6 Å². The Kier molecular flexibility index (Phi) is 5.17. The molecule has 1 aromatic carbocycles. The Hall–Kier alpha value is -1.63. The van der Waals surface area contributed by atoms with E-state index < -0.39 is 5.91 Å². The van der Waals surface area contributed by atoms with Crippen LogP contribution >= 0.6 is 11.6 Å². The molecular formula is C14H18ClN3O3. The summed E-state index contributed by atoms with van der Waals surface area (Å²) in [5.74, 6) is -1.06. The second-order valence-electron chi connectivity index (χ2n) is 4.86. The Balaban J connectivity index is 2.12. The van der Waals surface area contributed by atoms with Gasteiger partial charge >= 0.3 is 0 Å². The molecule has 6 nitrogen and oxygen atoms in total. The lowest BCUT2D eigenvalue weighted by Crippen LogP contribution is -2.41. The molecule has 0 bridgehead atoms. The summed E-state index contributed by atoms with van der Waals surface area (Å²) in [6.07, 6.45) is 0. The SMILES string of the molecule is CCNC1COCC1C(=O)Nc1cc(C(N)=O)ccc1Cl. The van der Waals surface area contributed by atoms with Gasteiger partial charge in [-0.15, -0.1) is 0 Å². The highest BCUT2D eigenvalue weighted by atomic mass is 35.5. The molecule has 0 spiro atoms. The number of ether oxygens (including phenoxy) is 1. The number of likely N-dealkylation sites (N-methyl/N-ethyl adjacent to an activating group) is 1. The third-order valence-electron chi connectivity index (χ3n) is 3.39. The van der Waals surface area contributed by atoms with Gasteiger partial charge in [-0.3, -0.25) is 9.59 Å². The smallest absolute Gasteiger partial charge is 0.248 e. The summed E-state index contributed by atoms with van der Waals surface area (Å²) in [5, 5.41) is 6.30. The molecule has 0 aromatic heterocycles. The number of nitrogens with two attached hydrogens (primary N) is 1. The molecule has 1 fully saturated rings. The molecule has 2 unspecified atom stereocenters. The largest absolute Gasteiger partial charge is 0.379 e. The summed E-state index contributed by atoms with van der Waals surface area (Å²) in [5.41, 5.74) is 5.89. The van der Waals surface area contributed by atoms with Crippen molar-refractivity contribution in [3.63, 3.8) is 0 Å². The number of amides is 2. The Bertz CT molecular complexity index is 550. The monoisotopic (exact) mass is 311 g/mol. The molecule has 21 heavy (non-hydrogen) atoms. The molecular weight excluding hydrogens is 294 g/mol. The van der Waals surface area contributed by atoms with Crippen LogP contribution in [0.4, 0.5) is 5.69 Å². The average Bonchev–Trinajstić information content (AvgIpc) is 2.89. The predicted molar refractivity (Wildman–Crippen MR) is 80.4 cm³/mol. The van der Waals surface area contributed by atoms with E-state index in [1.54, 1.807) is 0 Å². The van der Waals surface area contributed by atoms with E-state index in [0.717, 1.165) is 6.54 Å². The Morgan fingerprint density at radius 3 is 2.86 bits per heavy atom.